The molecule has 24 heavy (non-hydrogen) atoms. The van der Waals surface area contributed by atoms with Crippen molar-refractivity contribution >= 4 is 51.3 Å². The van der Waals surface area contributed by atoms with E-state index in [-0.39, 0.29) is 28.9 Å². The molecule has 2 rings (SSSR count). The first-order valence-electron chi connectivity index (χ1n) is 7.15. The van der Waals surface area contributed by atoms with Gasteiger partial charge in [-0.15, -0.1) is 35.3 Å². The van der Waals surface area contributed by atoms with E-state index in [9.17, 15) is 8.42 Å². The first-order chi connectivity index (χ1) is 11.0. The molecule has 1 aromatic carbocycles. The highest BCUT2D eigenvalue weighted by atomic mass is 127. The quantitative estimate of drug-likeness (QED) is 0.336. The number of guanidine groups is 1. The minimum atomic E-state index is -3.65. The van der Waals surface area contributed by atoms with E-state index >= 15 is 0 Å². The predicted octanol–water partition coefficient (Wildman–Crippen LogP) is 2.27. The van der Waals surface area contributed by atoms with Gasteiger partial charge in [0.05, 0.1) is 18.0 Å². The van der Waals surface area contributed by atoms with E-state index in [4.69, 9.17) is 5.14 Å². The average molecular weight is 480 g/mol. The lowest BCUT2D eigenvalue weighted by molar-refractivity contribution is 0.598. The summed E-state index contributed by atoms with van der Waals surface area (Å²) in [4.78, 5) is 5.83. The number of nitrogens with two attached hydrogens (primary N) is 1. The Morgan fingerprint density at radius 2 is 1.92 bits per heavy atom. The van der Waals surface area contributed by atoms with Crippen molar-refractivity contribution in [3.8, 4) is 0 Å². The minimum absolute atomic E-state index is 0. The van der Waals surface area contributed by atoms with Crippen LogP contribution in [0, 0.1) is 0 Å². The van der Waals surface area contributed by atoms with Gasteiger partial charge in [0, 0.05) is 11.4 Å². The number of nitrogens with zero attached hydrogens (tertiary/aromatic N) is 1. The Labute approximate surface area is 163 Å². The molecular weight excluding hydrogens is 459 g/mol. The molecule has 0 saturated carbocycles. The Bertz CT molecular complexity index is 744. The second-order valence-electron chi connectivity index (χ2n) is 4.82. The fourth-order valence-electron chi connectivity index (χ4n) is 1.88. The zero-order valence-electron chi connectivity index (χ0n) is 13.2. The Morgan fingerprint density at radius 1 is 1.21 bits per heavy atom. The van der Waals surface area contributed by atoms with Crippen LogP contribution in [0.1, 0.15) is 17.4 Å². The molecule has 132 valence electrons. The summed E-state index contributed by atoms with van der Waals surface area (Å²) < 4.78 is 22.4. The molecule has 4 N–H and O–H groups in total. The minimum Gasteiger partial charge on any atom is -0.357 e. The van der Waals surface area contributed by atoms with Gasteiger partial charge in [0.1, 0.15) is 0 Å². The zero-order chi connectivity index (χ0) is 16.7. The molecule has 0 spiro atoms. The van der Waals surface area contributed by atoms with Crippen LogP contribution in [0.5, 0.6) is 0 Å². The first-order valence-corrected chi connectivity index (χ1v) is 9.58. The monoisotopic (exact) mass is 480 g/mol. The molecule has 0 radical (unpaired) electrons. The summed E-state index contributed by atoms with van der Waals surface area (Å²) in [6.45, 7) is 3.93. The topological polar surface area (TPSA) is 96.6 Å². The summed E-state index contributed by atoms with van der Waals surface area (Å²) in [6.07, 6.45) is 0. The van der Waals surface area contributed by atoms with Gasteiger partial charge in [0.15, 0.2) is 5.96 Å². The highest BCUT2D eigenvalue weighted by molar-refractivity contribution is 14.0. The molecule has 6 nitrogen and oxygen atoms in total. The fourth-order valence-corrected chi connectivity index (χ4v) is 3.04. The second kappa shape index (κ2) is 9.97. The Balaban J connectivity index is 0.00000288. The Morgan fingerprint density at radius 3 is 2.46 bits per heavy atom. The van der Waals surface area contributed by atoms with E-state index in [2.05, 4.69) is 21.7 Å². The van der Waals surface area contributed by atoms with Gasteiger partial charge >= 0.3 is 0 Å². The van der Waals surface area contributed by atoms with Crippen molar-refractivity contribution in [1.29, 1.82) is 0 Å². The zero-order valence-corrected chi connectivity index (χ0v) is 17.2. The predicted molar refractivity (Wildman–Crippen MR) is 109 cm³/mol. The molecule has 0 amide bonds. The summed E-state index contributed by atoms with van der Waals surface area (Å²) >= 11 is 1.69. The van der Waals surface area contributed by atoms with Gasteiger partial charge in [-0.25, -0.2) is 18.5 Å². The van der Waals surface area contributed by atoms with Crippen LogP contribution in [-0.4, -0.2) is 20.9 Å². The van der Waals surface area contributed by atoms with Crippen LogP contribution < -0.4 is 15.8 Å². The van der Waals surface area contributed by atoms with Crippen LogP contribution in [0.3, 0.4) is 0 Å². The normalized spacial score (nSPS) is 11.7. The van der Waals surface area contributed by atoms with Crippen molar-refractivity contribution in [3.05, 3.63) is 52.2 Å². The van der Waals surface area contributed by atoms with Gasteiger partial charge in [-0.1, -0.05) is 18.2 Å². The number of primary sulfonamides is 1. The van der Waals surface area contributed by atoms with Crippen molar-refractivity contribution in [1.82, 2.24) is 10.6 Å². The van der Waals surface area contributed by atoms with Crippen LogP contribution in [0.2, 0.25) is 0 Å². The number of nitrogens with one attached hydrogen (secondary N) is 2. The highest BCUT2D eigenvalue weighted by Crippen LogP contribution is 2.10. The maximum atomic E-state index is 11.2. The summed E-state index contributed by atoms with van der Waals surface area (Å²) in [7, 11) is -3.65. The maximum absolute atomic E-state index is 11.2. The standard InChI is InChI=1S/C15H20N4O2S2.HI/c1-2-17-15(19-11-13-4-3-9-22-13)18-10-12-5-7-14(8-6-12)23(16,20)21;/h3-9H,2,10-11H2,1H3,(H2,16,20,21)(H2,17,18,19);1H. The lowest BCUT2D eigenvalue weighted by atomic mass is 10.2. The number of halogens is 1. The number of benzene rings is 1. The summed E-state index contributed by atoms with van der Waals surface area (Å²) in [5, 5.41) is 13.6. The number of hydrogen-bond donors (Lipinski definition) is 3. The third kappa shape index (κ3) is 6.75. The molecule has 0 fully saturated rings. The first kappa shape index (κ1) is 20.9. The lowest BCUT2D eigenvalue weighted by Gasteiger charge is -2.10. The number of sulfonamides is 1. The number of thiophene rings is 1. The fraction of sp³-hybridized carbons (Fsp3) is 0.267. The van der Waals surface area contributed by atoms with E-state index in [1.54, 1.807) is 23.5 Å². The molecule has 0 aliphatic carbocycles. The van der Waals surface area contributed by atoms with Crippen molar-refractivity contribution in [2.75, 3.05) is 6.54 Å². The van der Waals surface area contributed by atoms with Crippen LogP contribution in [0.25, 0.3) is 0 Å². The molecule has 0 aliphatic rings. The largest absolute Gasteiger partial charge is 0.357 e. The molecule has 0 atom stereocenters. The van der Waals surface area contributed by atoms with Crippen LogP contribution in [0.4, 0.5) is 0 Å². The van der Waals surface area contributed by atoms with E-state index < -0.39 is 10.0 Å². The molecular formula is C15H21IN4O2S2. The van der Waals surface area contributed by atoms with Gasteiger partial charge in [0.2, 0.25) is 10.0 Å². The van der Waals surface area contributed by atoms with Crippen LogP contribution >= 0.6 is 35.3 Å². The third-order valence-corrected chi connectivity index (χ3v) is 4.83. The maximum Gasteiger partial charge on any atom is 0.238 e. The van der Waals surface area contributed by atoms with E-state index in [0.29, 0.717) is 13.1 Å². The molecule has 0 aliphatic heterocycles. The molecule has 1 aromatic heterocycles. The van der Waals surface area contributed by atoms with Gasteiger partial charge in [-0.05, 0) is 36.1 Å². The number of aliphatic imine (C=N–C) groups is 1. The van der Waals surface area contributed by atoms with E-state index in [1.807, 2.05) is 18.4 Å². The lowest BCUT2D eigenvalue weighted by Crippen LogP contribution is -2.36. The van der Waals surface area contributed by atoms with Gasteiger partial charge < -0.3 is 10.6 Å². The van der Waals surface area contributed by atoms with Gasteiger partial charge in [0.25, 0.3) is 0 Å². The van der Waals surface area contributed by atoms with Crippen molar-refractivity contribution in [2.45, 2.75) is 24.9 Å². The molecule has 2 aromatic rings. The third-order valence-electron chi connectivity index (χ3n) is 3.03. The SMILES string of the molecule is CCNC(=NCc1ccc(S(N)(=O)=O)cc1)NCc1cccs1.I. The molecule has 1 heterocycles. The molecule has 0 unspecified atom stereocenters. The number of rotatable bonds is 6. The number of hydrogen-bond acceptors (Lipinski definition) is 4. The summed E-state index contributed by atoms with van der Waals surface area (Å²) in [6, 6.07) is 10.5. The summed E-state index contributed by atoms with van der Waals surface area (Å²) in [5.41, 5.74) is 0.908. The Hall–Kier alpha value is -1.17. The second-order valence-corrected chi connectivity index (χ2v) is 7.41. The van der Waals surface area contributed by atoms with E-state index in [1.165, 1.54) is 17.0 Å². The molecule has 0 bridgehead atoms. The van der Waals surface area contributed by atoms with E-state index in [0.717, 1.165) is 18.1 Å². The smallest absolute Gasteiger partial charge is 0.238 e. The van der Waals surface area contributed by atoms with Crippen molar-refractivity contribution in [3.63, 3.8) is 0 Å². The van der Waals surface area contributed by atoms with Crippen LogP contribution in [0.15, 0.2) is 51.7 Å². The summed E-state index contributed by atoms with van der Waals surface area (Å²) in [5.74, 6) is 0.719. The van der Waals surface area contributed by atoms with Crippen molar-refractivity contribution < 1.29 is 8.42 Å². The molecule has 0 saturated heterocycles. The van der Waals surface area contributed by atoms with Gasteiger partial charge in [-0.3, -0.25) is 0 Å². The highest BCUT2D eigenvalue weighted by Gasteiger charge is 2.06. The average Bonchev–Trinajstić information content (AvgIpc) is 3.03. The Kier molecular flexibility index (Phi) is 8.67. The van der Waals surface area contributed by atoms with Crippen LogP contribution in [-0.2, 0) is 23.1 Å². The van der Waals surface area contributed by atoms with Crippen molar-refractivity contribution in [2.24, 2.45) is 10.1 Å². The van der Waals surface area contributed by atoms with Gasteiger partial charge in [-0.2, -0.15) is 0 Å². The molecule has 9 heteroatoms.